The van der Waals surface area contributed by atoms with E-state index in [1.807, 2.05) is 36.4 Å². The van der Waals surface area contributed by atoms with Crippen molar-refractivity contribution in [2.45, 2.75) is 38.5 Å². The second kappa shape index (κ2) is 10.9. The smallest absolute Gasteiger partial charge is 0.180 e. The van der Waals surface area contributed by atoms with E-state index in [-0.39, 0.29) is 10.8 Å². The Labute approximate surface area is 324 Å². The Bertz CT molecular complexity index is 3170. The fourth-order valence-electron chi connectivity index (χ4n) is 9.96. The maximum absolute atomic E-state index is 6.69. The molecule has 10 aromatic rings. The standard InChI is InChI=1S/C52H37N3O/c1-51(2)40-21-13-11-19-33(40)35-26-37-38-27-36-34-20-12-14-22-41(34)52(3,4)43(36)29-45(38)55(44(37)28-42(35)51)32-23-24-46-39(25-32)48-49(56-46)47(30-15-7-5-8-16-30)53-50(54-48)31-17-9-6-10-18-31/h5-29H,1-4H3. The van der Waals surface area contributed by atoms with Crippen molar-refractivity contribution in [3.8, 4) is 50.6 Å². The summed E-state index contributed by atoms with van der Waals surface area (Å²) in [6.07, 6.45) is 0. The summed E-state index contributed by atoms with van der Waals surface area (Å²) >= 11 is 0. The van der Waals surface area contributed by atoms with Gasteiger partial charge in [-0.15, -0.1) is 0 Å². The predicted octanol–water partition coefficient (Wildman–Crippen LogP) is 13.4. The SMILES string of the molecule is CC1(C)c2ccccc2-c2cc3c4cc5c(cc4n(-c4ccc6oc7c(-c8ccccc8)nc(-c8ccccc8)nc7c6c4)c3cc21)C(C)(C)c1ccccc1-5. The molecule has 0 unspecified atom stereocenters. The fraction of sp³-hybridized carbons (Fsp3) is 0.115. The van der Waals surface area contributed by atoms with Crippen LogP contribution in [0.3, 0.4) is 0 Å². The third-order valence-corrected chi connectivity index (χ3v) is 12.8. The van der Waals surface area contributed by atoms with Crippen LogP contribution in [-0.4, -0.2) is 14.5 Å². The van der Waals surface area contributed by atoms with Crippen LogP contribution in [0.5, 0.6) is 0 Å². The summed E-state index contributed by atoms with van der Waals surface area (Å²) in [5.41, 5.74) is 19.0. The number of hydrogen-bond acceptors (Lipinski definition) is 3. The molecule has 0 saturated heterocycles. The quantitative estimate of drug-likeness (QED) is 0.183. The van der Waals surface area contributed by atoms with E-state index in [4.69, 9.17) is 14.4 Å². The first-order valence-electron chi connectivity index (χ1n) is 19.5. The fourth-order valence-corrected chi connectivity index (χ4v) is 9.96. The van der Waals surface area contributed by atoms with Gasteiger partial charge in [0, 0.05) is 43.8 Å². The number of furan rings is 1. The highest BCUT2D eigenvalue weighted by molar-refractivity contribution is 6.14. The van der Waals surface area contributed by atoms with E-state index in [0.717, 1.165) is 39.0 Å². The molecular weight excluding hydrogens is 683 g/mol. The summed E-state index contributed by atoms with van der Waals surface area (Å²) in [6.45, 7) is 9.45. The Morgan fingerprint density at radius 2 is 1.00 bits per heavy atom. The lowest BCUT2D eigenvalue weighted by atomic mass is 9.82. The van der Waals surface area contributed by atoms with E-state index in [1.54, 1.807) is 0 Å². The minimum Gasteiger partial charge on any atom is -0.452 e. The highest BCUT2D eigenvalue weighted by Crippen LogP contribution is 2.54. The zero-order chi connectivity index (χ0) is 37.5. The first-order chi connectivity index (χ1) is 27.3. The van der Waals surface area contributed by atoms with Gasteiger partial charge >= 0.3 is 0 Å². The van der Waals surface area contributed by atoms with Crippen molar-refractivity contribution in [3.05, 3.63) is 174 Å². The van der Waals surface area contributed by atoms with Gasteiger partial charge in [-0.25, -0.2) is 9.97 Å². The van der Waals surface area contributed by atoms with Gasteiger partial charge in [-0.3, -0.25) is 0 Å². The molecule has 0 amide bonds. The minimum absolute atomic E-state index is 0.132. The van der Waals surface area contributed by atoms with Crippen LogP contribution in [0.1, 0.15) is 49.9 Å². The van der Waals surface area contributed by atoms with Gasteiger partial charge in [-0.1, -0.05) is 137 Å². The zero-order valence-electron chi connectivity index (χ0n) is 31.7. The second-order valence-corrected chi connectivity index (χ2v) is 16.6. The van der Waals surface area contributed by atoms with E-state index in [9.17, 15) is 0 Å². The molecule has 56 heavy (non-hydrogen) atoms. The van der Waals surface area contributed by atoms with Crippen molar-refractivity contribution in [1.82, 2.24) is 14.5 Å². The van der Waals surface area contributed by atoms with Gasteiger partial charge < -0.3 is 8.98 Å². The second-order valence-electron chi connectivity index (χ2n) is 16.6. The van der Waals surface area contributed by atoms with Crippen molar-refractivity contribution in [2.24, 2.45) is 0 Å². The number of nitrogens with zero attached hydrogens (tertiary/aromatic N) is 3. The molecule has 7 aromatic carbocycles. The summed E-state index contributed by atoms with van der Waals surface area (Å²) < 4.78 is 9.17. The molecule has 4 nitrogen and oxygen atoms in total. The highest BCUT2D eigenvalue weighted by Gasteiger charge is 2.38. The topological polar surface area (TPSA) is 43.9 Å². The van der Waals surface area contributed by atoms with Crippen LogP contribution in [0.4, 0.5) is 0 Å². The van der Waals surface area contributed by atoms with Gasteiger partial charge in [0.05, 0.1) is 11.0 Å². The number of aromatic nitrogens is 3. The van der Waals surface area contributed by atoms with Crippen molar-refractivity contribution in [3.63, 3.8) is 0 Å². The number of rotatable bonds is 3. The van der Waals surface area contributed by atoms with Crippen LogP contribution in [0.2, 0.25) is 0 Å². The van der Waals surface area contributed by atoms with E-state index >= 15 is 0 Å². The van der Waals surface area contributed by atoms with Crippen LogP contribution in [0, 0.1) is 0 Å². The Morgan fingerprint density at radius 3 is 1.59 bits per heavy atom. The van der Waals surface area contributed by atoms with Crippen molar-refractivity contribution >= 4 is 43.9 Å². The summed E-state index contributed by atoms with van der Waals surface area (Å²) in [4.78, 5) is 10.3. The third-order valence-electron chi connectivity index (χ3n) is 12.8. The number of benzene rings is 7. The molecule has 3 heterocycles. The van der Waals surface area contributed by atoms with Crippen LogP contribution >= 0.6 is 0 Å². The Morgan fingerprint density at radius 1 is 0.464 bits per heavy atom. The van der Waals surface area contributed by atoms with E-state index in [2.05, 4.69) is 148 Å². The Hall–Kier alpha value is -6.78. The lowest BCUT2D eigenvalue weighted by molar-refractivity contribution is 0.660. The predicted molar refractivity (Wildman–Crippen MR) is 230 cm³/mol. The van der Waals surface area contributed by atoms with Gasteiger partial charge in [0.2, 0.25) is 0 Å². The van der Waals surface area contributed by atoms with Gasteiger partial charge in [-0.2, -0.15) is 0 Å². The van der Waals surface area contributed by atoms with Crippen molar-refractivity contribution in [2.75, 3.05) is 0 Å². The maximum atomic E-state index is 6.69. The van der Waals surface area contributed by atoms with E-state index in [1.165, 1.54) is 66.3 Å². The average molecular weight is 720 g/mol. The van der Waals surface area contributed by atoms with Crippen LogP contribution in [0.25, 0.3) is 94.5 Å². The zero-order valence-corrected chi connectivity index (χ0v) is 31.7. The molecule has 266 valence electrons. The largest absolute Gasteiger partial charge is 0.452 e. The first kappa shape index (κ1) is 31.6. The maximum Gasteiger partial charge on any atom is 0.180 e. The molecule has 0 aliphatic heterocycles. The molecule has 12 rings (SSSR count). The Balaban J connectivity index is 1.18. The first-order valence-corrected chi connectivity index (χ1v) is 19.5. The molecule has 0 N–H and O–H groups in total. The summed E-state index contributed by atoms with van der Waals surface area (Å²) in [5.74, 6) is 0.677. The Kier molecular flexibility index (Phi) is 6.15. The average Bonchev–Trinajstić information content (AvgIpc) is 3.90. The molecule has 0 fully saturated rings. The lowest BCUT2D eigenvalue weighted by Crippen LogP contribution is -2.15. The molecule has 2 aliphatic carbocycles. The van der Waals surface area contributed by atoms with E-state index < -0.39 is 0 Å². The van der Waals surface area contributed by atoms with Crippen LogP contribution in [-0.2, 0) is 10.8 Å². The molecule has 0 spiro atoms. The normalized spacial score (nSPS) is 14.7. The summed E-state index contributed by atoms with van der Waals surface area (Å²) in [7, 11) is 0. The van der Waals surface area contributed by atoms with Crippen LogP contribution in [0.15, 0.2) is 156 Å². The number of hydrogen-bond donors (Lipinski definition) is 0. The molecule has 2 aliphatic rings. The minimum atomic E-state index is -0.132. The van der Waals surface area contributed by atoms with E-state index in [0.29, 0.717) is 11.4 Å². The van der Waals surface area contributed by atoms with Gasteiger partial charge in [0.15, 0.2) is 11.4 Å². The van der Waals surface area contributed by atoms with Gasteiger partial charge in [0.25, 0.3) is 0 Å². The summed E-state index contributed by atoms with van der Waals surface area (Å²) in [6, 6.07) is 54.8. The van der Waals surface area contributed by atoms with Crippen molar-refractivity contribution in [1.29, 1.82) is 0 Å². The lowest BCUT2D eigenvalue weighted by Gasteiger charge is -2.22. The number of fused-ring (bicyclic) bond motifs is 12. The third kappa shape index (κ3) is 4.13. The molecule has 4 heteroatoms. The molecule has 0 saturated carbocycles. The highest BCUT2D eigenvalue weighted by atomic mass is 16.3. The molecule has 3 aromatic heterocycles. The van der Waals surface area contributed by atoms with Crippen LogP contribution < -0.4 is 0 Å². The molecule has 0 radical (unpaired) electrons. The molecular formula is C52H37N3O. The molecule has 0 bridgehead atoms. The molecule has 0 atom stereocenters. The van der Waals surface area contributed by atoms with Gasteiger partial charge in [0.1, 0.15) is 16.8 Å². The summed E-state index contributed by atoms with van der Waals surface area (Å²) in [5, 5.41) is 3.48. The monoisotopic (exact) mass is 719 g/mol. The van der Waals surface area contributed by atoms with Gasteiger partial charge in [-0.05, 0) is 87.0 Å². The van der Waals surface area contributed by atoms with Crippen molar-refractivity contribution < 1.29 is 4.42 Å².